The van der Waals surface area contributed by atoms with E-state index in [1.165, 1.54) is 56.5 Å². The molecule has 0 spiro atoms. The Morgan fingerprint density at radius 3 is 2.68 bits per heavy atom. The van der Waals surface area contributed by atoms with Crippen molar-refractivity contribution in [1.82, 2.24) is 15.5 Å². The van der Waals surface area contributed by atoms with E-state index in [1.807, 2.05) is 18.4 Å². The molecule has 1 aliphatic rings. The van der Waals surface area contributed by atoms with Gasteiger partial charge in [0.2, 0.25) is 0 Å². The highest BCUT2D eigenvalue weighted by atomic mass is 127. The molecule has 1 aromatic rings. The van der Waals surface area contributed by atoms with Gasteiger partial charge < -0.3 is 10.6 Å². The number of unbranched alkanes of at least 4 members (excludes halogenated alkanes) is 3. The first-order valence-electron chi connectivity index (χ1n) is 9.51. The lowest BCUT2D eigenvalue weighted by Gasteiger charge is -2.32. The monoisotopic (exact) mass is 478 g/mol. The standard InChI is InChI=1S/C19H34N4S.HI/c1-3-4-5-6-11-21-19(20-2)22-15-17-9-12-23(13-10-17)16-18-8-7-14-24-18;/h7-8,14,17H,3-6,9-13,15-16H2,1-2H3,(H2,20,21,22);1H. The first-order valence-corrected chi connectivity index (χ1v) is 10.4. The Kier molecular flexibility index (Phi) is 12.5. The smallest absolute Gasteiger partial charge is 0.190 e. The molecule has 4 nitrogen and oxygen atoms in total. The molecule has 0 unspecified atom stereocenters. The average Bonchev–Trinajstić information content (AvgIpc) is 3.12. The molecule has 1 aromatic heterocycles. The fourth-order valence-electron chi connectivity index (χ4n) is 3.19. The molecule has 0 aliphatic carbocycles. The summed E-state index contributed by atoms with van der Waals surface area (Å²) in [6.07, 6.45) is 7.73. The van der Waals surface area contributed by atoms with Gasteiger partial charge in [0.05, 0.1) is 0 Å². The topological polar surface area (TPSA) is 39.7 Å². The molecule has 25 heavy (non-hydrogen) atoms. The SMILES string of the molecule is CCCCCCNC(=NC)NCC1CCN(Cc2cccs2)CC1.I. The van der Waals surface area contributed by atoms with Crippen LogP contribution in [0, 0.1) is 5.92 Å². The molecular weight excluding hydrogens is 443 g/mol. The number of piperidine rings is 1. The van der Waals surface area contributed by atoms with E-state index in [1.54, 1.807) is 0 Å². The number of hydrogen-bond acceptors (Lipinski definition) is 3. The number of likely N-dealkylation sites (tertiary alicyclic amines) is 1. The zero-order valence-corrected chi connectivity index (χ0v) is 18.9. The summed E-state index contributed by atoms with van der Waals surface area (Å²) in [6.45, 7) is 7.87. The van der Waals surface area contributed by atoms with Gasteiger partial charge in [0.25, 0.3) is 0 Å². The molecular formula is C19H35IN4S. The number of aliphatic imine (C=N–C) groups is 1. The Morgan fingerprint density at radius 1 is 1.24 bits per heavy atom. The van der Waals surface area contributed by atoms with E-state index < -0.39 is 0 Å². The molecule has 0 bridgehead atoms. The fourth-order valence-corrected chi connectivity index (χ4v) is 3.94. The maximum atomic E-state index is 4.34. The van der Waals surface area contributed by atoms with E-state index in [4.69, 9.17) is 0 Å². The lowest BCUT2D eigenvalue weighted by Crippen LogP contribution is -2.42. The van der Waals surface area contributed by atoms with Crippen molar-refractivity contribution >= 4 is 41.3 Å². The summed E-state index contributed by atoms with van der Waals surface area (Å²) in [6, 6.07) is 4.39. The Labute approximate surface area is 174 Å². The predicted octanol–water partition coefficient (Wildman–Crippen LogP) is 4.32. The number of nitrogens with one attached hydrogen (secondary N) is 2. The van der Waals surface area contributed by atoms with Gasteiger partial charge in [0.15, 0.2) is 5.96 Å². The van der Waals surface area contributed by atoms with Gasteiger partial charge in [-0.1, -0.05) is 32.3 Å². The highest BCUT2D eigenvalue weighted by molar-refractivity contribution is 14.0. The largest absolute Gasteiger partial charge is 0.356 e. The van der Waals surface area contributed by atoms with Crippen molar-refractivity contribution in [2.24, 2.45) is 10.9 Å². The Morgan fingerprint density at radius 2 is 2.04 bits per heavy atom. The molecule has 0 radical (unpaired) electrons. The van der Waals surface area contributed by atoms with E-state index in [0.29, 0.717) is 0 Å². The third kappa shape index (κ3) is 9.24. The van der Waals surface area contributed by atoms with Crippen LogP contribution in [0.15, 0.2) is 22.5 Å². The molecule has 0 saturated carbocycles. The third-order valence-corrected chi connectivity index (χ3v) is 5.63. The lowest BCUT2D eigenvalue weighted by atomic mass is 9.97. The van der Waals surface area contributed by atoms with Crippen LogP contribution in [0.3, 0.4) is 0 Å². The molecule has 2 rings (SSSR count). The minimum absolute atomic E-state index is 0. The van der Waals surface area contributed by atoms with Crippen molar-refractivity contribution in [3.63, 3.8) is 0 Å². The normalized spacial score (nSPS) is 16.5. The lowest BCUT2D eigenvalue weighted by molar-refractivity contribution is 0.179. The summed E-state index contributed by atoms with van der Waals surface area (Å²) in [7, 11) is 1.87. The first-order chi connectivity index (χ1) is 11.8. The van der Waals surface area contributed by atoms with Crippen molar-refractivity contribution in [2.45, 2.75) is 52.0 Å². The van der Waals surface area contributed by atoms with E-state index in [2.05, 4.69) is 45.0 Å². The third-order valence-electron chi connectivity index (χ3n) is 4.77. The van der Waals surface area contributed by atoms with Gasteiger partial charge in [-0.15, -0.1) is 35.3 Å². The summed E-state index contributed by atoms with van der Waals surface area (Å²) < 4.78 is 0. The van der Waals surface area contributed by atoms with Crippen molar-refractivity contribution in [1.29, 1.82) is 0 Å². The zero-order valence-electron chi connectivity index (χ0n) is 15.8. The van der Waals surface area contributed by atoms with E-state index in [0.717, 1.165) is 31.5 Å². The van der Waals surface area contributed by atoms with Crippen LogP contribution in [-0.2, 0) is 6.54 Å². The maximum absolute atomic E-state index is 4.34. The van der Waals surface area contributed by atoms with Gasteiger partial charge in [-0.25, -0.2) is 0 Å². The molecule has 0 atom stereocenters. The van der Waals surface area contributed by atoms with Gasteiger partial charge in [-0.3, -0.25) is 9.89 Å². The van der Waals surface area contributed by atoms with Crippen molar-refractivity contribution in [3.05, 3.63) is 22.4 Å². The summed E-state index contributed by atoms with van der Waals surface area (Å²) >= 11 is 1.87. The molecule has 1 aliphatic heterocycles. The van der Waals surface area contributed by atoms with Crippen molar-refractivity contribution in [2.75, 3.05) is 33.2 Å². The molecule has 2 N–H and O–H groups in total. The van der Waals surface area contributed by atoms with Crippen LogP contribution in [-0.4, -0.2) is 44.1 Å². The summed E-state index contributed by atoms with van der Waals surface area (Å²) in [4.78, 5) is 8.41. The van der Waals surface area contributed by atoms with Gasteiger partial charge in [0, 0.05) is 31.6 Å². The summed E-state index contributed by atoms with van der Waals surface area (Å²) in [5.41, 5.74) is 0. The Hall–Kier alpha value is -0.340. The molecule has 144 valence electrons. The number of guanidine groups is 1. The van der Waals surface area contributed by atoms with Crippen molar-refractivity contribution in [3.8, 4) is 0 Å². The number of rotatable bonds is 9. The van der Waals surface area contributed by atoms with Crippen LogP contribution >= 0.6 is 35.3 Å². The average molecular weight is 478 g/mol. The van der Waals surface area contributed by atoms with Crippen LogP contribution in [0.5, 0.6) is 0 Å². The Bertz CT molecular complexity index is 456. The van der Waals surface area contributed by atoms with E-state index in [9.17, 15) is 0 Å². The highest BCUT2D eigenvalue weighted by Gasteiger charge is 2.19. The van der Waals surface area contributed by atoms with Gasteiger partial charge in [-0.2, -0.15) is 0 Å². The second kappa shape index (κ2) is 13.8. The van der Waals surface area contributed by atoms with Crippen LogP contribution in [0.2, 0.25) is 0 Å². The second-order valence-corrected chi connectivity index (χ2v) is 7.77. The minimum atomic E-state index is 0. The molecule has 0 amide bonds. The van der Waals surface area contributed by atoms with Gasteiger partial charge in [-0.05, 0) is 49.7 Å². The van der Waals surface area contributed by atoms with E-state index >= 15 is 0 Å². The Balaban J connectivity index is 0.00000312. The van der Waals surface area contributed by atoms with Crippen LogP contribution in [0.1, 0.15) is 50.3 Å². The van der Waals surface area contributed by atoms with Crippen LogP contribution in [0.4, 0.5) is 0 Å². The van der Waals surface area contributed by atoms with Gasteiger partial charge >= 0.3 is 0 Å². The molecule has 0 aromatic carbocycles. The molecule has 2 heterocycles. The van der Waals surface area contributed by atoms with Crippen molar-refractivity contribution < 1.29 is 0 Å². The predicted molar refractivity (Wildman–Crippen MR) is 121 cm³/mol. The number of nitrogens with zero attached hydrogens (tertiary/aromatic N) is 2. The quantitative estimate of drug-likeness (QED) is 0.240. The first kappa shape index (κ1) is 22.7. The number of thiophene rings is 1. The second-order valence-electron chi connectivity index (χ2n) is 6.74. The maximum Gasteiger partial charge on any atom is 0.190 e. The fraction of sp³-hybridized carbons (Fsp3) is 0.737. The zero-order chi connectivity index (χ0) is 17.0. The summed E-state index contributed by atoms with van der Waals surface area (Å²) in [5.74, 6) is 1.73. The van der Waals surface area contributed by atoms with Gasteiger partial charge in [0.1, 0.15) is 0 Å². The number of hydrogen-bond donors (Lipinski definition) is 2. The van der Waals surface area contributed by atoms with Crippen LogP contribution < -0.4 is 10.6 Å². The highest BCUT2D eigenvalue weighted by Crippen LogP contribution is 2.20. The number of halogens is 1. The molecule has 6 heteroatoms. The van der Waals surface area contributed by atoms with E-state index in [-0.39, 0.29) is 24.0 Å². The van der Waals surface area contributed by atoms with Crippen LogP contribution in [0.25, 0.3) is 0 Å². The molecule has 1 saturated heterocycles. The minimum Gasteiger partial charge on any atom is -0.356 e. The summed E-state index contributed by atoms with van der Waals surface area (Å²) in [5, 5.41) is 9.12. The molecule has 1 fully saturated rings.